The van der Waals surface area contributed by atoms with Crippen LogP contribution < -0.4 is 5.32 Å². The van der Waals surface area contributed by atoms with Gasteiger partial charge in [0.05, 0.1) is 0 Å². The maximum Gasteiger partial charge on any atom is 0.223 e. The van der Waals surface area contributed by atoms with E-state index in [9.17, 15) is 4.79 Å². The zero-order valence-electron chi connectivity index (χ0n) is 13.3. The molecule has 2 bridgehead atoms. The van der Waals surface area contributed by atoms with E-state index in [4.69, 9.17) is 4.52 Å². The van der Waals surface area contributed by atoms with Crippen molar-refractivity contribution in [2.75, 3.05) is 0 Å². The van der Waals surface area contributed by atoms with E-state index in [1.54, 1.807) is 6.92 Å². The molecule has 4 rings (SSSR count). The quantitative estimate of drug-likeness (QED) is 0.928. The average Bonchev–Trinajstić information content (AvgIpc) is 3.21. The van der Waals surface area contributed by atoms with Crippen LogP contribution in [0.15, 0.2) is 4.52 Å². The standard InChI is InChI=1S/C17H25N3O2/c1-11-18-16(20-22-11)17(6-2-3-7-17)19-15(21)10-14-9-12-4-5-13(14)8-12/h12-14H,2-10H2,1H3,(H,19,21)/t12-,13-,14+/m0/s1. The summed E-state index contributed by atoms with van der Waals surface area (Å²) in [7, 11) is 0. The highest BCUT2D eigenvalue weighted by Crippen LogP contribution is 2.49. The van der Waals surface area contributed by atoms with Crippen molar-refractivity contribution in [1.82, 2.24) is 15.5 Å². The highest BCUT2D eigenvalue weighted by molar-refractivity contribution is 5.77. The molecule has 0 unspecified atom stereocenters. The van der Waals surface area contributed by atoms with Crippen molar-refractivity contribution in [2.24, 2.45) is 17.8 Å². The third-order valence-corrected chi connectivity index (χ3v) is 6.12. The zero-order chi connectivity index (χ0) is 15.2. The van der Waals surface area contributed by atoms with Gasteiger partial charge in [-0.3, -0.25) is 4.79 Å². The summed E-state index contributed by atoms with van der Waals surface area (Å²) < 4.78 is 5.14. The number of hydrogen-bond donors (Lipinski definition) is 1. The number of rotatable bonds is 4. The van der Waals surface area contributed by atoms with Gasteiger partial charge < -0.3 is 9.84 Å². The summed E-state index contributed by atoms with van der Waals surface area (Å²) in [5.41, 5.74) is -0.382. The predicted octanol–water partition coefficient (Wildman–Crippen LogP) is 3.09. The van der Waals surface area contributed by atoms with Gasteiger partial charge in [0.2, 0.25) is 11.8 Å². The molecule has 22 heavy (non-hydrogen) atoms. The zero-order valence-corrected chi connectivity index (χ0v) is 13.3. The van der Waals surface area contributed by atoms with Gasteiger partial charge in [-0.1, -0.05) is 24.4 Å². The molecule has 3 atom stereocenters. The van der Waals surface area contributed by atoms with E-state index in [0.29, 0.717) is 24.1 Å². The predicted molar refractivity (Wildman–Crippen MR) is 80.9 cm³/mol. The molecule has 5 nitrogen and oxygen atoms in total. The van der Waals surface area contributed by atoms with Crippen LogP contribution in [0, 0.1) is 24.7 Å². The first-order valence-electron chi connectivity index (χ1n) is 8.76. The second-order valence-corrected chi connectivity index (χ2v) is 7.61. The van der Waals surface area contributed by atoms with Gasteiger partial charge in [0.15, 0.2) is 5.82 Å². The number of nitrogens with zero attached hydrogens (tertiary/aromatic N) is 2. The van der Waals surface area contributed by atoms with E-state index >= 15 is 0 Å². The second-order valence-electron chi connectivity index (χ2n) is 7.61. The molecule has 1 aromatic heterocycles. The molecular weight excluding hydrogens is 278 g/mol. The normalized spacial score (nSPS) is 32.5. The highest BCUT2D eigenvalue weighted by atomic mass is 16.5. The van der Waals surface area contributed by atoms with Crippen molar-refractivity contribution in [2.45, 2.75) is 70.3 Å². The molecule has 1 amide bonds. The molecule has 3 aliphatic rings. The first-order valence-corrected chi connectivity index (χ1v) is 8.76. The van der Waals surface area contributed by atoms with Crippen molar-refractivity contribution in [3.8, 4) is 0 Å². The maximum atomic E-state index is 12.6. The lowest BCUT2D eigenvalue weighted by molar-refractivity contribution is -0.124. The lowest BCUT2D eigenvalue weighted by atomic mass is 9.85. The molecule has 3 fully saturated rings. The van der Waals surface area contributed by atoms with Gasteiger partial charge in [-0.2, -0.15) is 4.98 Å². The minimum Gasteiger partial charge on any atom is -0.343 e. The molecule has 0 radical (unpaired) electrons. The number of amides is 1. The average molecular weight is 303 g/mol. The fourth-order valence-electron chi connectivity index (χ4n) is 5.06. The molecule has 3 saturated carbocycles. The first-order chi connectivity index (χ1) is 10.6. The summed E-state index contributed by atoms with van der Waals surface area (Å²) in [5.74, 6) is 3.71. The Morgan fingerprint density at radius 1 is 1.32 bits per heavy atom. The van der Waals surface area contributed by atoms with Crippen molar-refractivity contribution in [3.63, 3.8) is 0 Å². The third-order valence-electron chi connectivity index (χ3n) is 6.12. The largest absolute Gasteiger partial charge is 0.343 e. The Bertz CT molecular complexity index is 562. The van der Waals surface area contributed by atoms with Crippen molar-refractivity contribution >= 4 is 5.91 Å². The lowest BCUT2D eigenvalue weighted by Crippen LogP contribution is -2.45. The van der Waals surface area contributed by atoms with Gasteiger partial charge in [-0.15, -0.1) is 0 Å². The topological polar surface area (TPSA) is 68.0 Å². The first kappa shape index (κ1) is 14.2. The Morgan fingerprint density at radius 2 is 2.14 bits per heavy atom. The molecular formula is C17H25N3O2. The van der Waals surface area contributed by atoms with Gasteiger partial charge in [0.1, 0.15) is 5.54 Å². The van der Waals surface area contributed by atoms with Crippen LogP contribution in [0.25, 0.3) is 0 Å². The Balaban J connectivity index is 1.44. The Morgan fingerprint density at radius 3 is 2.73 bits per heavy atom. The summed E-state index contributed by atoms with van der Waals surface area (Å²) in [6.45, 7) is 1.80. The molecule has 0 saturated heterocycles. The van der Waals surface area contributed by atoms with E-state index < -0.39 is 0 Å². The van der Waals surface area contributed by atoms with Crippen molar-refractivity contribution in [3.05, 3.63) is 11.7 Å². The summed E-state index contributed by atoms with van der Waals surface area (Å²) in [5, 5.41) is 7.38. The molecule has 3 aliphatic carbocycles. The van der Waals surface area contributed by atoms with Crippen molar-refractivity contribution in [1.29, 1.82) is 0 Å². The van der Waals surface area contributed by atoms with E-state index in [-0.39, 0.29) is 11.4 Å². The number of carbonyl (C=O) groups is 1. The van der Waals surface area contributed by atoms with Gasteiger partial charge in [0, 0.05) is 13.3 Å². The molecule has 0 spiro atoms. The summed E-state index contributed by atoms with van der Waals surface area (Å²) in [4.78, 5) is 17.0. The fraction of sp³-hybridized carbons (Fsp3) is 0.824. The summed E-state index contributed by atoms with van der Waals surface area (Å²) >= 11 is 0. The monoisotopic (exact) mass is 303 g/mol. The van der Waals surface area contributed by atoms with Crippen LogP contribution in [-0.4, -0.2) is 16.0 Å². The van der Waals surface area contributed by atoms with Crippen LogP contribution in [-0.2, 0) is 10.3 Å². The number of fused-ring (bicyclic) bond motifs is 2. The minimum absolute atomic E-state index is 0.182. The van der Waals surface area contributed by atoms with Crippen LogP contribution in [0.2, 0.25) is 0 Å². The van der Waals surface area contributed by atoms with E-state index in [1.165, 1.54) is 25.7 Å². The maximum absolute atomic E-state index is 12.6. The molecule has 1 N–H and O–H groups in total. The highest BCUT2D eigenvalue weighted by Gasteiger charge is 2.44. The van der Waals surface area contributed by atoms with Gasteiger partial charge >= 0.3 is 0 Å². The molecule has 120 valence electrons. The van der Waals surface area contributed by atoms with Crippen molar-refractivity contribution < 1.29 is 9.32 Å². The van der Waals surface area contributed by atoms with Crippen LogP contribution in [0.3, 0.4) is 0 Å². The summed E-state index contributed by atoms with van der Waals surface area (Å²) in [6, 6.07) is 0. The smallest absolute Gasteiger partial charge is 0.223 e. The summed E-state index contributed by atoms with van der Waals surface area (Å²) in [6.07, 6.45) is 10.1. The number of aryl methyl sites for hydroxylation is 1. The number of hydrogen-bond acceptors (Lipinski definition) is 4. The van der Waals surface area contributed by atoms with Gasteiger partial charge in [0.25, 0.3) is 0 Å². The van der Waals surface area contributed by atoms with E-state index in [0.717, 1.165) is 37.5 Å². The molecule has 1 heterocycles. The van der Waals surface area contributed by atoms with E-state index in [2.05, 4.69) is 15.5 Å². The Kier molecular flexibility index (Phi) is 3.46. The lowest BCUT2D eigenvalue weighted by Gasteiger charge is -2.28. The number of nitrogens with one attached hydrogen (secondary N) is 1. The second kappa shape index (κ2) is 5.36. The fourth-order valence-corrected chi connectivity index (χ4v) is 5.06. The number of aromatic nitrogens is 2. The molecule has 1 aromatic rings. The Labute approximate surface area is 131 Å². The number of carbonyl (C=O) groups excluding carboxylic acids is 1. The molecule has 0 aromatic carbocycles. The molecule has 0 aliphatic heterocycles. The van der Waals surface area contributed by atoms with Gasteiger partial charge in [-0.05, 0) is 49.9 Å². The van der Waals surface area contributed by atoms with Crippen LogP contribution in [0.4, 0.5) is 0 Å². The van der Waals surface area contributed by atoms with Gasteiger partial charge in [-0.25, -0.2) is 0 Å². The minimum atomic E-state index is -0.382. The van der Waals surface area contributed by atoms with Crippen LogP contribution in [0.5, 0.6) is 0 Å². The molecule has 5 heteroatoms. The Hall–Kier alpha value is -1.39. The SMILES string of the molecule is Cc1nc(C2(NC(=O)C[C@H]3C[C@H]4CC[C@H]3C4)CCCC2)no1. The third kappa shape index (κ3) is 2.44. The van der Waals surface area contributed by atoms with Crippen LogP contribution in [0.1, 0.15) is 69.5 Å². The van der Waals surface area contributed by atoms with E-state index in [1.807, 2.05) is 0 Å². The van der Waals surface area contributed by atoms with Crippen LogP contribution >= 0.6 is 0 Å².